The molecular weight excluding hydrogens is 314 g/mol. The molecule has 0 fully saturated rings. The Hall–Kier alpha value is -0.650. The van der Waals surface area contributed by atoms with Crippen LogP contribution in [0.4, 0.5) is 0 Å². The van der Waals surface area contributed by atoms with Crippen molar-refractivity contribution in [3.8, 4) is 0 Å². The third-order valence-electron chi connectivity index (χ3n) is 2.62. The Balaban J connectivity index is 3.35. The normalized spacial score (nSPS) is 12.1. The average Bonchev–Trinajstić information content (AvgIpc) is 2.28. The van der Waals surface area contributed by atoms with Gasteiger partial charge in [0.25, 0.3) is 0 Å². The van der Waals surface area contributed by atoms with Crippen molar-refractivity contribution in [2.45, 2.75) is 31.7 Å². The minimum atomic E-state index is -3.48. The molecule has 0 saturated heterocycles. The minimum absolute atomic E-state index is 0.105. The summed E-state index contributed by atoms with van der Waals surface area (Å²) in [5, 5.41) is 0. The van der Waals surface area contributed by atoms with Crippen LogP contribution in [0.5, 0.6) is 0 Å². The first-order chi connectivity index (χ1) is 8.30. The van der Waals surface area contributed by atoms with Crippen LogP contribution in [0.3, 0.4) is 0 Å². The number of nitrogens with zero attached hydrogens (tertiary/aromatic N) is 1. The fourth-order valence-corrected chi connectivity index (χ4v) is 4.06. The number of aryl methyl sites for hydroxylation is 1. The molecule has 1 rings (SSSR count). The van der Waals surface area contributed by atoms with Crippen LogP contribution in [0.25, 0.3) is 0 Å². The van der Waals surface area contributed by atoms with E-state index in [1.807, 2.05) is 19.9 Å². The van der Waals surface area contributed by atoms with Gasteiger partial charge < -0.3 is 0 Å². The van der Waals surface area contributed by atoms with Crippen molar-refractivity contribution in [1.29, 1.82) is 0 Å². The summed E-state index contributed by atoms with van der Waals surface area (Å²) in [5.41, 5.74) is 0.743. The lowest BCUT2D eigenvalue weighted by Gasteiger charge is -2.25. The first kappa shape index (κ1) is 15.4. The highest BCUT2D eigenvalue weighted by Crippen LogP contribution is 2.25. The molecular formula is C13H18BrNO2S. The van der Waals surface area contributed by atoms with Crippen LogP contribution in [0, 0.1) is 6.92 Å². The third kappa shape index (κ3) is 3.22. The van der Waals surface area contributed by atoms with Gasteiger partial charge in [-0.05, 0) is 38.5 Å². The highest BCUT2D eigenvalue weighted by Gasteiger charge is 2.27. The lowest BCUT2D eigenvalue weighted by Crippen LogP contribution is -2.37. The highest BCUT2D eigenvalue weighted by atomic mass is 79.9. The van der Waals surface area contributed by atoms with E-state index in [4.69, 9.17) is 0 Å². The zero-order valence-corrected chi connectivity index (χ0v) is 13.3. The van der Waals surface area contributed by atoms with Crippen LogP contribution in [0.1, 0.15) is 19.4 Å². The number of benzene rings is 1. The van der Waals surface area contributed by atoms with Crippen LogP contribution in [-0.4, -0.2) is 25.3 Å². The molecule has 0 atom stereocenters. The molecule has 0 unspecified atom stereocenters. The van der Waals surface area contributed by atoms with Gasteiger partial charge in [-0.25, -0.2) is 8.42 Å². The Kier molecular flexibility index (Phi) is 5.13. The molecule has 1 aromatic carbocycles. The molecule has 0 aromatic heterocycles. The van der Waals surface area contributed by atoms with Gasteiger partial charge in [-0.1, -0.05) is 28.1 Å². The molecule has 0 spiro atoms. The van der Waals surface area contributed by atoms with E-state index in [2.05, 4.69) is 22.5 Å². The minimum Gasteiger partial charge on any atom is -0.207 e. The standard InChI is InChI=1S/C13H18BrNO2S/c1-5-8-15(10(2)3)18(16,17)13-9-12(14)7-6-11(13)4/h5-7,9-10H,1,8H2,2-4H3. The van der Waals surface area contributed by atoms with Crippen molar-refractivity contribution in [3.63, 3.8) is 0 Å². The van der Waals surface area contributed by atoms with E-state index in [0.717, 1.165) is 10.0 Å². The summed E-state index contributed by atoms with van der Waals surface area (Å²) in [7, 11) is -3.48. The zero-order valence-electron chi connectivity index (χ0n) is 10.9. The molecule has 0 aliphatic rings. The summed E-state index contributed by atoms with van der Waals surface area (Å²) in [4.78, 5) is 0.340. The van der Waals surface area contributed by atoms with E-state index in [-0.39, 0.29) is 6.04 Å². The Morgan fingerprint density at radius 1 is 1.44 bits per heavy atom. The molecule has 1 aromatic rings. The molecule has 0 radical (unpaired) electrons. The molecule has 0 aliphatic carbocycles. The second kappa shape index (κ2) is 5.99. The van der Waals surface area contributed by atoms with Crippen LogP contribution < -0.4 is 0 Å². The second-order valence-corrected chi connectivity index (χ2v) is 7.14. The zero-order chi connectivity index (χ0) is 13.9. The van der Waals surface area contributed by atoms with E-state index in [1.54, 1.807) is 25.1 Å². The van der Waals surface area contributed by atoms with E-state index in [0.29, 0.717) is 11.4 Å². The van der Waals surface area contributed by atoms with Crippen LogP contribution in [0.15, 0.2) is 40.2 Å². The van der Waals surface area contributed by atoms with Crippen LogP contribution >= 0.6 is 15.9 Å². The van der Waals surface area contributed by atoms with Crippen molar-refractivity contribution in [1.82, 2.24) is 4.31 Å². The first-order valence-corrected chi connectivity index (χ1v) is 7.93. The maximum Gasteiger partial charge on any atom is 0.243 e. The maximum atomic E-state index is 12.6. The van der Waals surface area contributed by atoms with Crippen LogP contribution in [0.2, 0.25) is 0 Å². The van der Waals surface area contributed by atoms with Gasteiger partial charge in [0.1, 0.15) is 0 Å². The summed E-state index contributed by atoms with van der Waals surface area (Å²) >= 11 is 3.31. The largest absolute Gasteiger partial charge is 0.243 e. The first-order valence-electron chi connectivity index (χ1n) is 5.69. The Bertz CT molecular complexity index is 538. The van der Waals surface area contributed by atoms with Gasteiger partial charge in [-0.15, -0.1) is 6.58 Å². The summed E-state index contributed by atoms with van der Waals surface area (Å²) in [6.45, 7) is 9.43. The molecule has 5 heteroatoms. The lowest BCUT2D eigenvalue weighted by molar-refractivity contribution is 0.382. The van der Waals surface area contributed by atoms with Crippen molar-refractivity contribution in [2.75, 3.05) is 6.54 Å². The Morgan fingerprint density at radius 3 is 2.56 bits per heavy atom. The lowest BCUT2D eigenvalue weighted by atomic mass is 10.2. The van der Waals surface area contributed by atoms with Gasteiger partial charge in [0.2, 0.25) is 10.0 Å². The monoisotopic (exact) mass is 331 g/mol. The van der Waals surface area contributed by atoms with Crippen molar-refractivity contribution in [3.05, 3.63) is 40.9 Å². The van der Waals surface area contributed by atoms with Crippen LogP contribution in [-0.2, 0) is 10.0 Å². The van der Waals surface area contributed by atoms with Gasteiger partial charge in [0.05, 0.1) is 4.90 Å². The van der Waals surface area contributed by atoms with Gasteiger partial charge in [-0.2, -0.15) is 4.31 Å². The number of hydrogen-bond acceptors (Lipinski definition) is 2. The quantitative estimate of drug-likeness (QED) is 0.776. The number of sulfonamides is 1. The van der Waals surface area contributed by atoms with E-state index >= 15 is 0 Å². The Labute approximate surface area is 118 Å². The van der Waals surface area contributed by atoms with Crippen molar-refractivity contribution < 1.29 is 8.42 Å². The van der Waals surface area contributed by atoms with Gasteiger partial charge in [-0.3, -0.25) is 0 Å². The Morgan fingerprint density at radius 2 is 2.06 bits per heavy atom. The fourth-order valence-electron chi connectivity index (χ4n) is 1.69. The number of hydrogen-bond donors (Lipinski definition) is 0. The van der Waals surface area contributed by atoms with Crippen molar-refractivity contribution >= 4 is 26.0 Å². The summed E-state index contributed by atoms with van der Waals surface area (Å²) in [5.74, 6) is 0. The highest BCUT2D eigenvalue weighted by molar-refractivity contribution is 9.10. The van der Waals surface area contributed by atoms with E-state index < -0.39 is 10.0 Å². The number of rotatable bonds is 5. The summed E-state index contributed by atoms with van der Waals surface area (Å²) in [6, 6.07) is 5.17. The van der Waals surface area contributed by atoms with Gasteiger partial charge >= 0.3 is 0 Å². The summed E-state index contributed by atoms with van der Waals surface area (Å²) in [6.07, 6.45) is 1.60. The molecule has 0 N–H and O–H groups in total. The second-order valence-electron chi connectivity index (χ2n) is 4.37. The molecule has 18 heavy (non-hydrogen) atoms. The van der Waals surface area contributed by atoms with Gasteiger partial charge in [0.15, 0.2) is 0 Å². The third-order valence-corrected chi connectivity index (χ3v) is 5.30. The predicted molar refractivity (Wildman–Crippen MR) is 78.1 cm³/mol. The maximum absolute atomic E-state index is 12.6. The fraction of sp³-hybridized carbons (Fsp3) is 0.385. The predicted octanol–water partition coefficient (Wildman–Crippen LogP) is 3.34. The molecule has 0 aliphatic heterocycles. The van der Waals surface area contributed by atoms with Crippen molar-refractivity contribution in [2.24, 2.45) is 0 Å². The molecule has 3 nitrogen and oxygen atoms in total. The molecule has 0 saturated carbocycles. The van der Waals surface area contributed by atoms with E-state index in [9.17, 15) is 8.42 Å². The molecule has 0 amide bonds. The number of halogens is 1. The average molecular weight is 332 g/mol. The molecule has 0 bridgehead atoms. The smallest absolute Gasteiger partial charge is 0.207 e. The van der Waals surface area contributed by atoms with Gasteiger partial charge in [0, 0.05) is 17.1 Å². The van der Waals surface area contributed by atoms with E-state index in [1.165, 1.54) is 4.31 Å². The molecule has 0 heterocycles. The SMILES string of the molecule is C=CCN(C(C)C)S(=O)(=O)c1cc(Br)ccc1C. The molecule has 100 valence electrons. The summed E-state index contributed by atoms with van der Waals surface area (Å²) < 4.78 is 27.4. The topological polar surface area (TPSA) is 37.4 Å².